The molecule has 0 spiro atoms. The monoisotopic (exact) mass is 182 g/mol. The van der Waals surface area contributed by atoms with Crippen LogP contribution in [0.2, 0.25) is 0 Å². The Labute approximate surface area is 91.0 Å². The molecule has 0 saturated carbocycles. The standard InChI is InChI=1S/C6H8O5.Na/c1-3-6(10,5(8)9)2-4(7)11-3;/h3,10H,2H2,1H3,(H,8,9);/q;+1/p-1/t3-,6+;/m1./s1. The van der Waals surface area contributed by atoms with E-state index in [4.69, 9.17) is 0 Å². The first-order chi connectivity index (χ1) is 4.97. The van der Waals surface area contributed by atoms with Crippen molar-refractivity contribution in [2.24, 2.45) is 0 Å². The molecular weight excluding hydrogens is 175 g/mol. The van der Waals surface area contributed by atoms with E-state index in [9.17, 15) is 19.8 Å². The van der Waals surface area contributed by atoms with Gasteiger partial charge in [-0.05, 0) is 6.92 Å². The first-order valence-corrected chi connectivity index (χ1v) is 3.10. The molecule has 6 heteroatoms. The fourth-order valence-electron chi connectivity index (χ4n) is 0.938. The van der Waals surface area contributed by atoms with E-state index in [0.717, 1.165) is 0 Å². The molecule has 0 bridgehead atoms. The van der Waals surface area contributed by atoms with Crippen LogP contribution in [0.5, 0.6) is 0 Å². The van der Waals surface area contributed by atoms with Crippen molar-refractivity contribution in [2.45, 2.75) is 25.0 Å². The van der Waals surface area contributed by atoms with E-state index in [1.54, 1.807) is 0 Å². The minimum Gasteiger partial charge on any atom is -0.547 e. The Morgan fingerprint density at radius 3 is 2.50 bits per heavy atom. The van der Waals surface area contributed by atoms with Gasteiger partial charge in [-0.3, -0.25) is 4.79 Å². The predicted molar refractivity (Wildman–Crippen MR) is 30.1 cm³/mol. The number of aliphatic carboxylic acids is 1. The molecule has 1 N–H and O–H groups in total. The fourth-order valence-corrected chi connectivity index (χ4v) is 0.938. The average molecular weight is 182 g/mol. The minimum absolute atomic E-state index is 0. The number of cyclic esters (lactones) is 1. The maximum atomic E-state index is 10.5. The predicted octanol–water partition coefficient (Wildman–Crippen LogP) is -5.19. The van der Waals surface area contributed by atoms with E-state index >= 15 is 0 Å². The van der Waals surface area contributed by atoms with Crippen LogP contribution in [0.4, 0.5) is 0 Å². The van der Waals surface area contributed by atoms with E-state index in [-0.39, 0.29) is 29.6 Å². The van der Waals surface area contributed by atoms with Gasteiger partial charge < -0.3 is 19.7 Å². The number of aliphatic hydroxyl groups is 1. The van der Waals surface area contributed by atoms with Gasteiger partial charge in [0.25, 0.3) is 0 Å². The third-order valence-corrected chi connectivity index (χ3v) is 1.75. The van der Waals surface area contributed by atoms with Gasteiger partial charge in [0.05, 0.1) is 12.4 Å². The smallest absolute Gasteiger partial charge is 0.547 e. The van der Waals surface area contributed by atoms with Crippen molar-refractivity contribution >= 4 is 11.9 Å². The first kappa shape index (κ1) is 11.9. The van der Waals surface area contributed by atoms with Crippen LogP contribution in [-0.2, 0) is 14.3 Å². The van der Waals surface area contributed by atoms with Gasteiger partial charge in [0.15, 0.2) is 5.60 Å². The zero-order valence-electron chi connectivity index (χ0n) is 6.86. The molecule has 1 aliphatic heterocycles. The Balaban J connectivity index is 0.00000121. The zero-order chi connectivity index (χ0) is 8.65. The second-order valence-corrected chi connectivity index (χ2v) is 2.52. The van der Waals surface area contributed by atoms with E-state index in [1.807, 2.05) is 0 Å². The molecule has 1 rings (SSSR count). The number of carbonyl (C=O) groups is 2. The van der Waals surface area contributed by atoms with Crippen LogP contribution >= 0.6 is 0 Å². The van der Waals surface area contributed by atoms with Crippen LogP contribution in [0.25, 0.3) is 0 Å². The summed E-state index contributed by atoms with van der Waals surface area (Å²) in [4.78, 5) is 20.8. The van der Waals surface area contributed by atoms with Crippen molar-refractivity contribution in [3.8, 4) is 0 Å². The summed E-state index contributed by atoms with van der Waals surface area (Å²) < 4.78 is 4.43. The van der Waals surface area contributed by atoms with E-state index < -0.39 is 30.1 Å². The minimum atomic E-state index is -2.14. The second-order valence-electron chi connectivity index (χ2n) is 2.52. The topological polar surface area (TPSA) is 86.7 Å². The number of ether oxygens (including phenoxy) is 1. The van der Waals surface area contributed by atoms with Crippen LogP contribution in [0, 0.1) is 0 Å². The maximum Gasteiger partial charge on any atom is 1.00 e. The Bertz CT molecular complexity index is 216. The van der Waals surface area contributed by atoms with Crippen molar-refractivity contribution in [1.82, 2.24) is 0 Å². The van der Waals surface area contributed by atoms with E-state index in [1.165, 1.54) is 6.92 Å². The summed E-state index contributed by atoms with van der Waals surface area (Å²) >= 11 is 0. The summed E-state index contributed by atoms with van der Waals surface area (Å²) in [6.07, 6.45) is -1.56. The van der Waals surface area contributed by atoms with Crippen LogP contribution in [0.15, 0.2) is 0 Å². The largest absolute Gasteiger partial charge is 1.00 e. The normalized spacial score (nSPS) is 33.8. The molecule has 1 heterocycles. The summed E-state index contributed by atoms with van der Waals surface area (Å²) in [5.74, 6) is -2.39. The number of rotatable bonds is 1. The van der Waals surface area contributed by atoms with E-state index in [0.29, 0.717) is 0 Å². The Kier molecular flexibility index (Phi) is 3.71. The van der Waals surface area contributed by atoms with Crippen LogP contribution in [-0.4, -0.2) is 28.8 Å². The first-order valence-electron chi connectivity index (χ1n) is 3.10. The van der Waals surface area contributed by atoms with E-state index in [2.05, 4.69) is 4.74 Å². The molecule has 2 atom stereocenters. The van der Waals surface area contributed by atoms with Crippen molar-refractivity contribution in [3.63, 3.8) is 0 Å². The molecule has 1 saturated heterocycles. The van der Waals surface area contributed by atoms with Gasteiger partial charge in [-0.2, -0.15) is 0 Å². The number of esters is 1. The number of hydrogen-bond donors (Lipinski definition) is 1. The number of hydrogen-bond acceptors (Lipinski definition) is 5. The molecule has 0 aromatic carbocycles. The summed E-state index contributed by atoms with van der Waals surface area (Å²) in [6, 6.07) is 0. The van der Waals surface area contributed by atoms with Gasteiger partial charge in [0.2, 0.25) is 0 Å². The maximum absolute atomic E-state index is 10.5. The van der Waals surface area contributed by atoms with Crippen LogP contribution in [0.3, 0.4) is 0 Å². The van der Waals surface area contributed by atoms with Crippen molar-refractivity contribution in [2.75, 3.05) is 0 Å². The third kappa shape index (κ3) is 1.80. The Hall–Kier alpha value is -0.100. The van der Waals surface area contributed by atoms with Gasteiger partial charge >= 0.3 is 35.5 Å². The molecule has 62 valence electrons. The third-order valence-electron chi connectivity index (χ3n) is 1.75. The van der Waals surface area contributed by atoms with Crippen LogP contribution < -0.4 is 34.7 Å². The molecule has 0 aromatic heterocycles. The molecule has 1 fully saturated rings. The summed E-state index contributed by atoms with van der Waals surface area (Å²) in [5, 5.41) is 19.5. The summed E-state index contributed by atoms with van der Waals surface area (Å²) in [6.45, 7) is 1.31. The van der Waals surface area contributed by atoms with Gasteiger partial charge in [0.1, 0.15) is 6.10 Å². The molecule has 0 amide bonds. The molecule has 0 aromatic rings. The quantitative estimate of drug-likeness (QED) is 0.323. The van der Waals surface area contributed by atoms with Crippen LogP contribution in [0.1, 0.15) is 13.3 Å². The molecule has 0 radical (unpaired) electrons. The molecule has 12 heavy (non-hydrogen) atoms. The molecule has 0 aliphatic carbocycles. The van der Waals surface area contributed by atoms with Gasteiger partial charge in [-0.15, -0.1) is 0 Å². The van der Waals surface area contributed by atoms with Gasteiger partial charge in [-0.1, -0.05) is 0 Å². The molecule has 5 nitrogen and oxygen atoms in total. The molecule has 0 unspecified atom stereocenters. The summed E-state index contributed by atoms with van der Waals surface area (Å²) in [5.41, 5.74) is -2.14. The second kappa shape index (κ2) is 3.74. The van der Waals surface area contributed by atoms with Crippen molar-refractivity contribution in [3.05, 3.63) is 0 Å². The average Bonchev–Trinajstić information content (AvgIpc) is 2.08. The number of carbonyl (C=O) groups excluding carboxylic acids is 2. The summed E-state index contributed by atoms with van der Waals surface area (Å²) in [7, 11) is 0. The Morgan fingerprint density at radius 1 is 1.83 bits per heavy atom. The molecule has 1 aliphatic rings. The SMILES string of the molecule is C[C@H]1OC(=O)C[C@@]1(O)C(=O)[O-].[Na+]. The Morgan fingerprint density at radius 2 is 2.33 bits per heavy atom. The molecular formula is C6H7NaO5. The van der Waals surface area contributed by atoms with Crippen molar-refractivity contribution < 1.29 is 54.1 Å². The number of carboxylic acid groups (broad SMARTS) is 1. The van der Waals surface area contributed by atoms with Gasteiger partial charge in [0, 0.05) is 0 Å². The van der Waals surface area contributed by atoms with Gasteiger partial charge in [-0.25, -0.2) is 0 Å². The fraction of sp³-hybridized carbons (Fsp3) is 0.667. The van der Waals surface area contributed by atoms with Crippen molar-refractivity contribution in [1.29, 1.82) is 0 Å². The zero-order valence-corrected chi connectivity index (χ0v) is 8.86. The number of carboxylic acids is 1.